The molecule has 2 nitrogen and oxygen atoms in total. The molecule has 1 unspecified atom stereocenters. The summed E-state index contributed by atoms with van der Waals surface area (Å²) in [7, 11) is 1.55. The topological polar surface area (TPSA) is 23.5 Å². The van der Waals surface area contributed by atoms with E-state index in [4.69, 9.17) is 0 Å². The van der Waals surface area contributed by atoms with Crippen molar-refractivity contribution >= 4 is 22.5 Å². The molecule has 1 N–H and O–H groups in total. The van der Waals surface area contributed by atoms with Gasteiger partial charge in [0.1, 0.15) is 0 Å². The van der Waals surface area contributed by atoms with Crippen LogP contribution in [0.15, 0.2) is 0 Å². The van der Waals surface area contributed by atoms with Gasteiger partial charge in [-0.1, -0.05) is 10.8 Å². The first-order valence-corrected chi connectivity index (χ1v) is 6.68. The van der Waals surface area contributed by atoms with Crippen LogP contribution in [0, 0.1) is 0 Å². The number of thiol groups is 1. The van der Waals surface area contributed by atoms with Crippen molar-refractivity contribution in [3.63, 3.8) is 0 Å². The van der Waals surface area contributed by atoms with Crippen molar-refractivity contribution in [2.75, 3.05) is 6.54 Å². The predicted molar refractivity (Wildman–Crippen MR) is 62.1 cm³/mol. The van der Waals surface area contributed by atoms with E-state index in [0.717, 1.165) is 19.4 Å². The van der Waals surface area contributed by atoms with Crippen LogP contribution in [0.2, 0.25) is 0 Å². The standard InChI is InChI=1S/C9H19NOS2/c1-7-4-5-9(3,11)6-10(7)8(2)13-12/h7-8,11-12H,4-6H2,1-3H3/t7-,8?,9-/m0/s1. The number of likely N-dealkylation sites (tertiary alicyclic amines) is 1. The molecule has 0 saturated carbocycles. The zero-order valence-electron chi connectivity index (χ0n) is 8.53. The van der Waals surface area contributed by atoms with Gasteiger partial charge in [0.25, 0.3) is 0 Å². The lowest BCUT2D eigenvalue weighted by Gasteiger charge is -2.43. The van der Waals surface area contributed by atoms with Gasteiger partial charge >= 0.3 is 0 Å². The summed E-state index contributed by atoms with van der Waals surface area (Å²) in [6.07, 6.45) is 1.99. The van der Waals surface area contributed by atoms with Crippen LogP contribution in [0.25, 0.3) is 0 Å². The third-order valence-electron chi connectivity index (χ3n) is 2.81. The number of nitrogens with zero attached hydrogens (tertiary/aromatic N) is 1. The smallest absolute Gasteiger partial charge is 0.0747 e. The van der Waals surface area contributed by atoms with E-state index in [1.807, 2.05) is 6.92 Å². The lowest BCUT2D eigenvalue weighted by atomic mass is 9.91. The normalized spacial score (nSPS) is 39.0. The van der Waals surface area contributed by atoms with Crippen LogP contribution in [0.3, 0.4) is 0 Å². The summed E-state index contributed by atoms with van der Waals surface area (Å²) in [6, 6.07) is 0.565. The van der Waals surface area contributed by atoms with Crippen LogP contribution in [-0.2, 0) is 0 Å². The molecule has 0 amide bonds. The Bertz CT molecular complexity index is 171. The lowest BCUT2D eigenvalue weighted by Crippen LogP contribution is -2.52. The van der Waals surface area contributed by atoms with Crippen molar-refractivity contribution in [1.82, 2.24) is 4.90 Å². The lowest BCUT2D eigenvalue weighted by molar-refractivity contribution is -0.0372. The van der Waals surface area contributed by atoms with E-state index in [2.05, 4.69) is 30.4 Å². The van der Waals surface area contributed by atoms with Gasteiger partial charge in [0.05, 0.1) is 11.0 Å². The summed E-state index contributed by atoms with van der Waals surface area (Å²) in [5.74, 6) is 0. The molecule has 3 atom stereocenters. The van der Waals surface area contributed by atoms with Gasteiger partial charge in [-0.2, -0.15) is 0 Å². The van der Waals surface area contributed by atoms with Gasteiger partial charge in [-0.05, 0) is 33.6 Å². The molecule has 1 heterocycles. The van der Waals surface area contributed by atoms with Gasteiger partial charge in [-0.25, -0.2) is 0 Å². The van der Waals surface area contributed by atoms with Crippen LogP contribution in [0.5, 0.6) is 0 Å². The third-order valence-corrected chi connectivity index (χ3v) is 4.30. The first-order chi connectivity index (χ1) is 5.96. The molecule has 13 heavy (non-hydrogen) atoms. The monoisotopic (exact) mass is 221 g/mol. The molecule has 1 aliphatic rings. The van der Waals surface area contributed by atoms with Gasteiger partial charge in [-0.15, -0.1) is 11.7 Å². The Morgan fingerprint density at radius 2 is 2.31 bits per heavy atom. The number of β-amino-alcohol motifs (C(OH)–C–C–N with tert-alkyl or cyclic N) is 1. The largest absolute Gasteiger partial charge is 0.389 e. The zero-order chi connectivity index (χ0) is 10.1. The van der Waals surface area contributed by atoms with E-state index >= 15 is 0 Å². The Kier molecular flexibility index (Phi) is 3.98. The number of hydrogen-bond donors (Lipinski definition) is 2. The van der Waals surface area contributed by atoms with Gasteiger partial charge in [0.15, 0.2) is 0 Å². The first kappa shape index (κ1) is 11.7. The fourth-order valence-corrected chi connectivity index (χ4v) is 2.63. The quantitative estimate of drug-likeness (QED) is 0.552. The zero-order valence-corrected chi connectivity index (χ0v) is 10.2. The van der Waals surface area contributed by atoms with E-state index < -0.39 is 5.60 Å². The van der Waals surface area contributed by atoms with E-state index in [9.17, 15) is 5.11 Å². The summed E-state index contributed by atoms with van der Waals surface area (Å²) in [4.78, 5) is 2.32. The minimum absolute atomic E-state index is 0.380. The molecule has 0 aliphatic carbocycles. The molecule has 1 rings (SSSR count). The highest BCUT2D eigenvalue weighted by molar-refractivity contribution is 8.68. The van der Waals surface area contributed by atoms with Crippen molar-refractivity contribution in [2.24, 2.45) is 0 Å². The fraction of sp³-hybridized carbons (Fsp3) is 1.00. The molecule has 0 aromatic carbocycles. The van der Waals surface area contributed by atoms with E-state index in [-0.39, 0.29) is 0 Å². The van der Waals surface area contributed by atoms with E-state index in [0.29, 0.717) is 11.4 Å². The van der Waals surface area contributed by atoms with Crippen molar-refractivity contribution in [3.05, 3.63) is 0 Å². The molecule has 1 saturated heterocycles. The van der Waals surface area contributed by atoms with Gasteiger partial charge in [0, 0.05) is 12.6 Å². The minimum Gasteiger partial charge on any atom is -0.389 e. The average Bonchev–Trinajstić information content (AvgIpc) is 2.08. The van der Waals surface area contributed by atoms with E-state index in [1.165, 1.54) is 0 Å². The minimum atomic E-state index is -0.510. The summed E-state index contributed by atoms with van der Waals surface area (Å²) >= 11 is 4.22. The first-order valence-electron chi connectivity index (χ1n) is 4.74. The van der Waals surface area contributed by atoms with Crippen LogP contribution < -0.4 is 0 Å². The molecule has 1 fully saturated rings. The Hall–Kier alpha value is 0.620. The predicted octanol–water partition coefficient (Wildman–Crippen LogP) is 2.15. The Morgan fingerprint density at radius 1 is 1.69 bits per heavy atom. The van der Waals surface area contributed by atoms with Gasteiger partial charge < -0.3 is 5.11 Å². The van der Waals surface area contributed by atoms with Crippen LogP contribution >= 0.6 is 22.5 Å². The summed E-state index contributed by atoms with van der Waals surface area (Å²) < 4.78 is 0. The Morgan fingerprint density at radius 3 is 2.85 bits per heavy atom. The van der Waals surface area contributed by atoms with E-state index in [1.54, 1.807) is 10.8 Å². The second-order valence-electron chi connectivity index (χ2n) is 4.26. The van der Waals surface area contributed by atoms with Crippen LogP contribution in [-0.4, -0.2) is 33.6 Å². The molecule has 0 aromatic rings. The molecule has 78 valence electrons. The highest BCUT2D eigenvalue weighted by Gasteiger charge is 2.34. The van der Waals surface area contributed by atoms with Crippen molar-refractivity contribution < 1.29 is 5.11 Å². The molecule has 0 aromatic heterocycles. The molecule has 0 spiro atoms. The SMILES string of the molecule is CC(SS)N1C[C@@](C)(O)CC[C@@H]1C. The fourth-order valence-electron chi connectivity index (χ4n) is 1.86. The second-order valence-corrected chi connectivity index (χ2v) is 5.79. The number of piperidine rings is 1. The Labute approximate surface area is 89.9 Å². The summed E-state index contributed by atoms with van der Waals surface area (Å²) in [5, 5.41) is 10.3. The van der Waals surface area contributed by atoms with Crippen LogP contribution in [0.1, 0.15) is 33.6 Å². The average molecular weight is 221 g/mol. The summed E-state index contributed by atoms with van der Waals surface area (Å²) in [6.45, 7) is 7.04. The molecular formula is C9H19NOS2. The number of aliphatic hydroxyl groups is 1. The maximum atomic E-state index is 9.93. The summed E-state index contributed by atoms with van der Waals surface area (Å²) in [5.41, 5.74) is -0.510. The van der Waals surface area contributed by atoms with Crippen LogP contribution in [0.4, 0.5) is 0 Å². The third kappa shape index (κ3) is 3.05. The van der Waals surface area contributed by atoms with Crippen molar-refractivity contribution in [1.29, 1.82) is 0 Å². The maximum Gasteiger partial charge on any atom is 0.0747 e. The Balaban J connectivity index is 2.60. The molecule has 0 bridgehead atoms. The van der Waals surface area contributed by atoms with Gasteiger partial charge in [0.2, 0.25) is 0 Å². The number of rotatable bonds is 2. The van der Waals surface area contributed by atoms with Crippen molar-refractivity contribution in [2.45, 2.75) is 50.6 Å². The maximum absolute atomic E-state index is 9.93. The highest BCUT2D eigenvalue weighted by atomic mass is 33.1. The van der Waals surface area contributed by atoms with Gasteiger partial charge in [-0.3, -0.25) is 4.90 Å². The number of hydrogen-bond acceptors (Lipinski definition) is 4. The van der Waals surface area contributed by atoms with Crippen molar-refractivity contribution in [3.8, 4) is 0 Å². The second kappa shape index (κ2) is 4.43. The molecule has 4 heteroatoms. The highest BCUT2D eigenvalue weighted by Crippen LogP contribution is 2.30. The molecule has 1 aliphatic heterocycles. The molecule has 0 radical (unpaired) electrons. The molecular weight excluding hydrogens is 202 g/mol.